The van der Waals surface area contributed by atoms with Gasteiger partial charge in [-0.05, 0) is 31.2 Å². The Morgan fingerprint density at radius 2 is 2.17 bits per heavy atom. The van der Waals surface area contributed by atoms with Gasteiger partial charge in [0, 0.05) is 18.0 Å². The molecule has 0 aliphatic carbocycles. The Bertz CT molecular complexity index is 758. The van der Waals surface area contributed by atoms with E-state index < -0.39 is 6.10 Å². The van der Waals surface area contributed by atoms with Crippen LogP contribution in [-0.4, -0.2) is 30.0 Å². The summed E-state index contributed by atoms with van der Waals surface area (Å²) in [6.45, 7) is 1.67. The second-order valence-corrected chi connectivity index (χ2v) is 5.00. The zero-order chi connectivity index (χ0) is 16.4. The number of benzene rings is 1. The molecule has 0 fully saturated rings. The van der Waals surface area contributed by atoms with Crippen LogP contribution in [0, 0.1) is 0 Å². The van der Waals surface area contributed by atoms with Crippen molar-refractivity contribution in [2.45, 2.75) is 13.0 Å². The lowest BCUT2D eigenvalue weighted by atomic mass is 10.2. The van der Waals surface area contributed by atoms with E-state index in [-0.39, 0.29) is 11.8 Å². The number of carbonyl (C=O) groups excluding carboxylic acids is 2. The molecule has 0 unspecified atom stereocenters. The molecule has 0 radical (unpaired) electrons. The number of amides is 2. The second-order valence-electron chi connectivity index (χ2n) is 5.00. The molecule has 0 saturated carbocycles. The summed E-state index contributed by atoms with van der Waals surface area (Å²) in [5.74, 6) is 0.474. The SMILES string of the molecule is COc1ccc(C(=O)Nc2ccc3c(c2)NC(=O)[C@H](C)O3)cn1. The van der Waals surface area contributed by atoms with Gasteiger partial charge in [0.1, 0.15) is 5.75 Å². The number of hydrogen-bond acceptors (Lipinski definition) is 5. The first-order valence-corrected chi connectivity index (χ1v) is 7.00. The molecule has 1 aromatic carbocycles. The normalized spacial score (nSPS) is 15.9. The van der Waals surface area contributed by atoms with E-state index >= 15 is 0 Å². The van der Waals surface area contributed by atoms with Crippen LogP contribution in [0.2, 0.25) is 0 Å². The van der Waals surface area contributed by atoms with E-state index in [1.807, 2.05) is 0 Å². The van der Waals surface area contributed by atoms with Crippen LogP contribution in [0.5, 0.6) is 11.6 Å². The minimum atomic E-state index is -0.534. The Kier molecular flexibility index (Phi) is 3.84. The Labute approximate surface area is 132 Å². The first kappa shape index (κ1) is 14.8. The molecule has 118 valence electrons. The number of aromatic nitrogens is 1. The molecule has 0 spiro atoms. The van der Waals surface area contributed by atoms with Gasteiger partial charge in [-0.1, -0.05) is 0 Å². The summed E-state index contributed by atoms with van der Waals surface area (Å²) >= 11 is 0. The van der Waals surface area contributed by atoms with Crippen molar-refractivity contribution in [3.63, 3.8) is 0 Å². The fraction of sp³-hybridized carbons (Fsp3) is 0.188. The van der Waals surface area contributed by atoms with Crippen LogP contribution in [0.4, 0.5) is 11.4 Å². The molecule has 1 aliphatic rings. The largest absolute Gasteiger partial charge is 0.481 e. The average Bonchev–Trinajstić information content (AvgIpc) is 2.56. The van der Waals surface area contributed by atoms with Gasteiger partial charge in [-0.25, -0.2) is 4.98 Å². The Hall–Kier alpha value is -3.09. The van der Waals surface area contributed by atoms with E-state index in [0.29, 0.717) is 28.6 Å². The van der Waals surface area contributed by atoms with Crippen LogP contribution >= 0.6 is 0 Å². The third kappa shape index (κ3) is 3.08. The van der Waals surface area contributed by atoms with E-state index in [0.717, 1.165) is 0 Å². The maximum Gasteiger partial charge on any atom is 0.265 e. The van der Waals surface area contributed by atoms with Crippen molar-refractivity contribution in [2.24, 2.45) is 0 Å². The Morgan fingerprint density at radius 3 is 2.87 bits per heavy atom. The summed E-state index contributed by atoms with van der Waals surface area (Å²) in [5, 5.41) is 5.48. The monoisotopic (exact) mass is 313 g/mol. The summed E-state index contributed by atoms with van der Waals surface area (Å²) in [4.78, 5) is 27.8. The lowest BCUT2D eigenvalue weighted by Crippen LogP contribution is -2.34. The highest BCUT2D eigenvalue weighted by Gasteiger charge is 2.23. The van der Waals surface area contributed by atoms with Gasteiger partial charge in [0.25, 0.3) is 11.8 Å². The van der Waals surface area contributed by atoms with Crippen LogP contribution in [0.1, 0.15) is 17.3 Å². The van der Waals surface area contributed by atoms with Gasteiger partial charge >= 0.3 is 0 Å². The van der Waals surface area contributed by atoms with Gasteiger partial charge in [-0.3, -0.25) is 9.59 Å². The molecule has 7 heteroatoms. The maximum atomic E-state index is 12.2. The second kappa shape index (κ2) is 5.96. The number of hydrogen-bond donors (Lipinski definition) is 2. The van der Waals surface area contributed by atoms with Crippen molar-refractivity contribution >= 4 is 23.2 Å². The van der Waals surface area contributed by atoms with Gasteiger partial charge in [0.2, 0.25) is 5.88 Å². The Balaban J connectivity index is 1.76. The lowest BCUT2D eigenvalue weighted by molar-refractivity contribution is -0.122. The van der Waals surface area contributed by atoms with Crippen LogP contribution < -0.4 is 20.1 Å². The molecule has 2 aromatic rings. The molecule has 7 nitrogen and oxygen atoms in total. The predicted octanol–water partition coefficient (Wildman–Crippen LogP) is 2.06. The van der Waals surface area contributed by atoms with Crippen molar-refractivity contribution in [1.82, 2.24) is 4.98 Å². The minimum absolute atomic E-state index is 0.222. The number of nitrogens with zero attached hydrogens (tertiary/aromatic N) is 1. The molecule has 1 aromatic heterocycles. The zero-order valence-electron chi connectivity index (χ0n) is 12.6. The number of carbonyl (C=O) groups is 2. The molecule has 1 atom stereocenters. The molecular formula is C16H15N3O4. The number of rotatable bonds is 3. The van der Waals surface area contributed by atoms with Crippen LogP contribution in [0.15, 0.2) is 36.5 Å². The van der Waals surface area contributed by atoms with Gasteiger partial charge in [0.15, 0.2) is 6.10 Å². The predicted molar refractivity (Wildman–Crippen MR) is 83.9 cm³/mol. The molecule has 2 heterocycles. The highest BCUT2D eigenvalue weighted by Crippen LogP contribution is 2.32. The number of anilines is 2. The quantitative estimate of drug-likeness (QED) is 0.905. The number of fused-ring (bicyclic) bond motifs is 1. The first-order chi connectivity index (χ1) is 11.1. The van der Waals surface area contributed by atoms with Gasteiger partial charge in [-0.15, -0.1) is 0 Å². The minimum Gasteiger partial charge on any atom is -0.481 e. The number of nitrogens with one attached hydrogen (secondary N) is 2. The highest BCUT2D eigenvalue weighted by atomic mass is 16.5. The molecular weight excluding hydrogens is 298 g/mol. The summed E-state index contributed by atoms with van der Waals surface area (Å²) in [6, 6.07) is 8.28. The summed E-state index contributed by atoms with van der Waals surface area (Å²) in [7, 11) is 1.51. The highest BCUT2D eigenvalue weighted by molar-refractivity contribution is 6.05. The molecule has 2 amide bonds. The van der Waals surface area contributed by atoms with E-state index in [1.54, 1.807) is 37.3 Å². The van der Waals surface area contributed by atoms with Gasteiger partial charge < -0.3 is 20.1 Å². The van der Waals surface area contributed by atoms with Crippen LogP contribution in [-0.2, 0) is 4.79 Å². The molecule has 2 N–H and O–H groups in total. The third-order valence-electron chi connectivity index (χ3n) is 3.38. The smallest absolute Gasteiger partial charge is 0.265 e. The maximum absolute atomic E-state index is 12.2. The first-order valence-electron chi connectivity index (χ1n) is 7.00. The zero-order valence-corrected chi connectivity index (χ0v) is 12.6. The summed E-state index contributed by atoms with van der Waals surface area (Å²) < 4.78 is 10.4. The van der Waals surface area contributed by atoms with Crippen molar-refractivity contribution in [3.8, 4) is 11.6 Å². The lowest BCUT2D eigenvalue weighted by Gasteiger charge is -2.23. The third-order valence-corrected chi connectivity index (χ3v) is 3.38. The van der Waals surface area contributed by atoms with Crippen LogP contribution in [0.25, 0.3) is 0 Å². The van der Waals surface area contributed by atoms with E-state index in [4.69, 9.17) is 9.47 Å². The molecule has 0 saturated heterocycles. The molecule has 23 heavy (non-hydrogen) atoms. The van der Waals surface area contributed by atoms with Gasteiger partial charge in [-0.2, -0.15) is 0 Å². The standard InChI is InChI=1S/C16H15N3O4/c1-9-15(20)19-12-7-11(4-5-13(12)23-9)18-16(21)10-3-6-14(22-2)17-8-10/h3-9H,1-2H3,(H,18,21)(H,19,20)/t9-/m0/s1. The van der Waals surface area contributed by atoms with Gasteiger partial charge in [0.05, 0.1) is 18.4 Å². The summed E-state index contributed by atoms with van der Waals surface area (Å²) in [6.07, 6.45) is 0.896. The average molecular weight is 313 g/mol. The number of pyridine rings is 1. The molecule has 1 aliphatic heterocycles. The fourth-order valence-electron chi connectivity index (χ4n) is 2.13. The van der Waals surface area contributed by atoms with E-state index in [1.165, 1.54) is 13.3 Å². The number of methoxy groups -OCH3 is 1. The van der Waals surface area contributed by atoms with Crippen LogP contribution in [0.3, 0.4) is 0 Å². The molecule has 3 rings (SSSR count). The van der Waals surface area contributed by atoms with Crippen molar-refractivity contribution in [1.29, 1.82) is 0 Å². The van der Waals surface area contributed by atoms with E-state index in [9.17, 15) is 9.59 Å². The Morgan fingerprint density at radius 1 is 1.35 bits per heavy atom. The van der Waals surface area contributed by atoms with Crippen molar-refractivity contribution in [2.75, 3.05) is 17.7 Å². The van der Waals surface area contributed by atoms with E-state index in [2.05, 4.69) is 15.6 Å². The fourth-order valence-corrected chi connectivity index (χ4v) is 2.13. The topological polar surface area (TPSA) is 89.6 Å². The van der Waals surface area contributed by atoms with Crippen molar-refractivity contribution in [3.05, 3.63) is 42.1 Å². The molecule has 0 bridgehead atoms. The summed E-state index contributed by atoms with van der Waals surface area (Å²) in [5.41, 5.74) is 1.47. The number of ether oxygens (including phenoxy) is 2. The van der Waals surface area contributed by atoms with Crippen molar-refractivity contribution < 1.29 is 19.1 Å².